The van der Waals surface area contributed by atoms with Crippen molar-refractivity contribution >= 4 is 34.7 Å². The minimum Gasteiger partial charge on any atom is -0.490 e. The molecule has 28 heavy (non-hydrogen) atoms. The molecule has 0 radical (unpaired) electrons. The first-order valence-electron chi connectivity index (χ1n) is 8.36. The van der Waals surface area contributed by atoms with Crippen LogP contribution in [0.25, 0.3) is 0 Å². The maximum absolute atomic E-state index is 12.7. The molecule has 0 heterocycles. The van der Waals surface area contributed by atoms with Crippen LogP contribution in [0, 0.1) is 3.57 Å². The first kappa shape index (κ1) is 22.0. The number of benzene rings is 2. The van der Waals surface area contributed by atoms with Gasteiger partial charge in [0.25, 0.3) is 5.91 Å². The van der Waals surface area contributed by atoms with Crippen LogP contribution < -0.4 is 14.9 Å². The molecule has 0 aliphatic carbocycles. The molecular weight excluding hydrogens is 488 g/mol. The molecule has 1 N–H and O–H groups in total. The number of carbonyl (C=O) groups excluding carboxylic acids is 1. The van der Waals surface area contributed by atoms with Gasteiger partial charge >= 0.3 is 6.18 Å². The highest BCUT2D eigenvalue weighted by Gasteiger charge is 2.30. The SMILES string of the molecule is CCOc1cc(/C=N\NC(=O)c2cccc(C(F)(F)F)c2)cc(I)c1OCC. The summed E-state index contributed by atoms with van der Waals surface area (Å²) in [7, 11) is 0. The Balaban J connectivity index is 2.15. The summed E-state index contributed by atoms with van der Waals surface area (Å²) in [4.78, 5) is 12.1. The van der Waals surface area contributed by atoms with Gasteiger partial charge in [0.05, 0.1) is 28.6 Å². The van der Waals surface area contributed by atoms with E-state index in [1.54, 1.807) is 12.1 Å². The summed E-state index contributed by atoms with van der Waals surface area (Å²) in [6.07, 6.45) is -3.14. The molecule has 2 rings (SSSR count). The van der Waals surface area contributed by atoms with Crippen LogP contribution in [0.15, 0.2) is 41.5 Å². The average Bonchev–Trinajstić information content (AvgIpc) is 2.64. The number of carbonyl (C=O) groups is 1. The molecule has 0 saturated carbocycles. The van der Waals surface area contributed by atoms with Crippen molar-refractivity contribution in [3.63, 3.8) is 0 Å². The number of hydrogen-bond acceptors (Lipinski definition) is 4. The number of hydrogen-bond donors (Lipinski definition) is 1. The molecule has 0 aliphatic rings. The van der Waals surface area contributed by atoms with Crippen LogP contribution in [0.2, 0.25) is 0 Å². The van der Waals surface area contributed by atoms with Crippen molar-refractivity contribution in [3.8, 4) is 11.5 Å². The van der Waals surface area contributed by atoms with Crippen LogP contribution in [0.5, 0.6) is 11.5 Å². The van der Waals surface area contributed by atoms with Gasteiger partial charge in [-0.25, -0.2) is 5.43 Å². The Morgan fingerprint density at radius 1 is 1.18 bits per heavy atom. The van der Waals surface area contributed by atoms with E-state index in [0.29, 0.717) is 30.3 Å². The fourth-order valence-corrected chi connectivity index (χ4v) is 3.06. The molecule has 5 nitrogen and oxygen atoms in total. The zero-order valence-corrected chi connectivity index (χ0v) is 17.3. The maximum atomic E-state index is 12.7. The third-order valence-corrected chi connectivity index (χ3v) is 4.25. The fourth-order valence-electron chi connectivity index (χ4n) is 2.28. The van der Waals surface area contributed by atoms with Crippen molar-refractivity contribution in [2.75, 3.05) is 13.2 Å². The first-order chi connectivity index (χ1) is 13.3. The van der Waals surface area contributed by atoms with Crippen molar-refractivity contribution in [1.29, 1.82) is 0 Å². The smallest absolute Gasteiger partial charge is 0.416 e. The second kappa shape index (κ2) is 9.76. The highest BCUT2D eigenvalue weighted by atomic mass is 127. The number of amides is 1. The molecule has 0 fully saturated rings. The number of ether oxygens (including phenoxy) is 2. The Hall–Kier alpha value is -2.30. The zero-order valence-electron chi connectivity index (χ0n) is 15.1. The van der Waals surface area contributed by atoms with Gasteiger partial charge < -0.3 is 9.47 Å². The number of alkyl halides is 3. The third kappa shape index (κ3) is 5.85. The van der Waals surface area contributed by atoms with Gasteiger partial charge in [-0.15, -0.1) is 0 Å². The van der Waals surface area contributed by atoms with Crippen molar-refractivity contribution < 1.29 is 27.4 Å². The molecule has 2 aromatic carbocycles. The summed E-state index contributed by atoms with van der Waals surface area (Å²) >= 11 is 2.10. The maximum Gasteiger partial charge on any atom is 0.416 e. The van der Waals surface area contributed by atoms with Gasteiger partial charge in [0.1, 0.15) is 0 Å². The highest BCUT2D eigenvalue weighted by Crippen LogP contribution is 2.34. The summed E-state index contributed by atoms with van der Waals surface area (Å²) in [5.41, 5.74) is 1.83. The van der Waals surface area contributed by atoms with E-state index in [2.05, 4.69) is 33.1 Å². The van der Waals surface area contributed by atoms with Gasteiger partial charge in [-0.2, -0.15) is 18.3 Å². The van der Waals surface area contributed by atoms with Gasteiger partial charge in [0.15, 0.2) is 11.5 Å². The van der Waals surface area contributed by atoms with Crippen molar-refractivity contribution in [1.82, 2.24) is 5.43 Å². The fraction of sp³-hybridized carbons (Fsp3) is 0.263. The van der Waals surface area contributed by atoms with E-state index in [1.165, 1.54) is 18.3 Å². The number of nitrogens with zero attached hydrogens (tertiary/aromatic N) is 1. The number of nitrogens with one attached hydrogen (secondary N) is 1. The van der Waals surface area contributed by atoms with E-state index >= 15 is 0 Å². The molecule has 0 bridgehead atoms. The molecule has 0 saturated heterocycles. The van der Waals surface area contributed by atoms with E-state index in [1.807, 2.05) is 13.8 Å². The Kier molecular flexibility index (Phi) is 7.67. The van der Waals surface area contributed by atoms with E-state index in [4.69, 9.17) is 9.47 Å². The molecule has 0 unspecified atom stereocenters. The molecule has 9 heteroatoms. The van der Waals surface area contributed by atoms with E-state index in [-0.39, 0.29) is 5.56 Å². The summed E-state index contributed by atoms with van der Waals surface area (Å²) < 4.78 is 50.2. The van der Waals surface area contributed by atoms with Crippen LogP contribution in [-0.2, 0) is 6.18 Å². The molecule has 0 aliphatic heterocycles. The largest absolute Gasteiger partial charge is 0.490 e. The number of hydrazone groups is 1. The molecule has 1 amide bonds. The summed E-state index contributed by atoms with van der Waals surface area (Å²) in [5.74, 6) is 0.421. The van der Waals surface area contributed by atoms with Gasteiger partial charge in [0.2, 0.25) is 0 Å². The Morgan fingerprint density at radius 3 is 2.54 bits per heavy atom. The summed E-state index contributed by atoms with van der Waals surface area (Å²) in [5, 5.41) is 3.82. The summed E-state index contributed by atoms with van der Waals surface area (Å²) in [6.45, 7) is 4.64. The van der Waals surface area contributed by atoms with Crippen LogP contribution >= 0.6 is 22.6 Å². The lowest BCUT2D eigenvalue weighted by Crippen LogP contribution is -2.18. The number of halogens is 4. The Bertz CT molecular complexity index is 870. The van der Waals surface area contributed by atoms with E-state index in [9.17, 15) is 18.0 Å². The minimum atomic E-state index is -4.52. The normalized spacial score (nSPS) is 11.5. The lowest BCUT2D eigenvalue weighted by molar-refractivity contribution is -0.137. The van der Waals surface area contributed by atoms with Crippen molar-refractivity contribution in [3.05, 3.63) is 56.7 Å². The Morgan fingerprint density at radius 2 is 1.89 bits per heavy atom. The van der Waals surface area contributed by atoms with E-state index in [0.717, 1.165) is 15.7 Å². The second-order valence-corrected chi connectivity index (χ2v) is 6.64. The molecule has 2 aromatic rings. The molecule has 150 valence electrons. The van der Waals surface area contributed by atoms with E-state index < -0.39 is 17.6 Å². The van der Waals surface area contributed by atoms with Gasteiger partial charge in [-0.05, 0) is 72.3 Å². The van der Waals surface area contributed by atoms with Crippen molar-refractivity contribution in [2.24, 2.45) is 5.10 Å². The summed E-state index contributed by atoms with van der Waals surface area (Å²) in [6, 6.07) is 7.62. The van der Waals surface area contributed by atoms with Crippen molar-refractivity contribution in [2.45, 2.75) is 20.0 Å². The van der Waals surface area contributed by atoms with Crippen LogP contribution in [0.1, 0.15) is 35.3 Å². The topological polar surface area (TPSA) is 59.9 Å². The van der Waals surface area contributed by atoms with Crippen LogP contribution in [-0.4, -0.2) is 25.3 Å². The third-order valence-electron chi connectivity index (χ3n) is 3.45. The molecule has 0 atom stereocenters. The molecule has 0 spiro atoms. The Labute approximate surface area is 174 Å². The number of rotatable bonds is 7. The first-order valence-corrected chi connectivity index (χ1v) is 9.44. The quantitative estimate of drug-likeness (QED) is 0.331. The lowest BCUT2D eigenvalue weighted by atomic mass is 10.1. The second-order valence-electron chi connectivity index (χ2n) is 5.47. The average molecular weight is 506 g/mol. The van der Waals surface area contributed by atoms with Crippen LogP contribution in [0.3, 0.4) is 0 Å². The standard InChI is InChI=1S/C19H18F3IN2O3/c1-3-27-16-9-12(8-15(23)17(16)28-4-2)11-24-25-18(26)13-6-5-7-14(10-13)19(20,21)22/h5-11H,3-4H2,1-2H3,(H,25,26)/b24-11-. The monoisotopic (exact) mass is 506 g/mol. The lowest BCUT2D eigenvalue weighted by Gasteiger charge is -2.13. The highest BCUT2D eigenvalue weighted by molar-refractivity contribution is 14.1. The van der Waals surface area contributed by atoms with Gasteiger partial charge in [-0.1, -0.05) is 6.07 Å². The predicted molar refractivity (Wildman–Crippen MR) is 108 cm³/mol. The van der Waals surface area contributed by atoms with Gasteiger partial charge in [-0.3, -0.25) is 4.79 Å². The van der Waals surface area contributed by atoms with Gasteiger partial charge in [0, 0.05) is 5.56 Å². The van der Waals surface area contributed by atoms with Crippen LogP contribution in [0.4, 0.5) is 13.2 Å². The molecular formula is C19H18F3IN2O3. The minimum absolute atomic E-state index is 0.136. The zero-order chi connectivity index (χ0) is 20.7. The predicted octanol–water partition coefficient (Wildman–Crippen LogP) is 4.87. The molecule has 0 aromatic heterocycles.